The van der Waals surface area contributed by atoms with E-state index >= 15 is 0 Å². The van der Waals surface area contributed by atoms with Gasteiger partial charge in [0.05, 0.1) is 11.9 Å². The summed E-state index contributed by atoms with van der Waals surface area (Å²) in [7, 11) is 0. The maximum absolute atomic E-state index is 13.5. The first-order valence-electron chi connectivity index (χ1n) is 7.39. The minimum atomic E-state index is -4.87. The Morgan fingerprint density at radius 3 is 2.42 bits per heavy atom. The lowest BCUT2D eigenvalue weighted by molar-refractivity contribution is -0.140. The van der Waals surface area contributed by atoms with Gasteiger partial charge < -0.3 is 10.4 Å². The molecule has 6 nitrogen and oxygen atoms in total. The van der Waals surface area contributed by atoms with Crippen LogP contribution in [0.15, 0.2) is 30.5 Å². The van der Waals surface area contributed by atoms with E-state index in [-0.39, 0.29) is 5.95 Å². The van der Waals surface area contributed by atoms with E-state index < -0.39 is 29.2 Å². The van der Waals surface area contributed by atoms with Gasteiger partial charge in [-0.25, -0.2) is 14.8 Å². The van der Waals surface area contributed by atoms with Crippen LogP contribution in [0.25, 0.3) is 0 Å². The Bertz CT molecular complexity index is 822. The van der Waals surface area contributed by atoms with Crippen molar-refractivity contribution in [2.45, 2.75) is 32.5 Å². The highest BCUT2D eigenvalue weighted by Gasteiger charge is 2.41. The highest BCUT2D eigenvalue weighted by atomic mass is 35.5. The molecule has 1 amide bonds. The molecule has 1 aromatic heterocycles. The van der Waals surface area contributed by atoms with Gasteiger partial charge in [-0.15, -0.1) is 0 Å². The van der Waals surface area contributed by atoms with Crippen LogP contribution in [-0.2, 0) is 6.18 Å². The fraction of sp³-hybridized carbons (Fsp3) is 0.312. The summed E-state index contributed by atoms with van der Waals surface area (Å²) in [5, 5.41) is 12.4. The first-order valence-corrected chi connectivity index (χ1v) is 7.77. The quantitative estimate of drug-likeness (QED) is 0.757. The number of halogens is 4. The second-order valence-corrected chi connectivity index (χ2v) is 6.79. The van der Waals surface area contributed by atoms with E-state index in [4.69, 9.17) is 11.6 Å². The average Bonchev–Trinajstić information content (AvgIpc) is 2.46. The zero-order chi connectivity index (χ0) is 19.7. The van der Waals surface area contributed by atoms with Gasteiger partial charge in [-0.2, -0.15) is 13.2 Å². The Balaban J connectivity index is 2.53. The molecule has 0 fully saturated rings. The summed E-state index contributed by atoms with van der Waals surface area (Å²) < 4.78 is 40.5. The summed E-state index contributed by atoms with van der Waals surface area (Å²) in [6.07, 6.45) is -5.58. The summed E-state index contributed by atoms with van der Waals surface area (Å²) in [5.41, 5.74) is -2.73. The molecule has 0 aliphatic rings. The molecule has 0 aliphatic carbocycles. The van der Waals surface area contributed by atoms with Crippen molar-refractivity contribution < 1.29 is 23.1 Å². The third-order valence-corrected chi connectivity index (χ3v) is 3.46. The smallest absolute Gasteiger partial charge is 0.435 e. The van der Waals surface area contributed by atoms with Crippen LogP contribution in [0.3, 0.4) is 0 Å². The number of hydrogen-bond acceptors (Lipinski definition) is 4. The second-order valence-electron chi connectivity index (χ2n) is 6.35. The molecule has 0 unspecified atom stereocenters. The number of alkyl halides is 3. The van der Waals surface area contributed by atoms with Gasteiger partial charge in [-0.05, 0) is 39.0 Å². The van der Waals surface area contributed by atoms with Crippen LogP contribution >= 0.6 is 11.6 Å². The van der Waals surface area contributed by atoms with Gasteiger partial charge in [0, 0.05) is 16.2 Å². The molecule has 0 bridgehead atoms. The fourth-order valence-corrected chi connectivity index (χ4v) is 2.44. The number of nitrogens with one attached hydrogen (secondary N) is 1. The number of anilines is 3. The zero-order valence-corrected chi connectivity index (χ0v) is 14.9. The molecule has 0 aliphatic heterocycles. The van der Waals surface area contributed by atoms with Crippen LogP contribution < -0.4 is 10.2 Å². The van der Waals surface area contributed by atoms with Gasteiger partial charge in [-0.3, -0.25) is 4.90 Å². The largest absolute Gasteiger partial charge is 0.465 e. The third-order valence-electron chi connectivity index (χ3n) is 3.22. The molecule has 26 heavy (non-hydrogen) atoms. The Labute approximate surface area is 152 Å². The second kappa shape index (κ2) is 6.99. The van der Waals surface area contributed by atoms with E-state index in [1.54, 1.807) is 18.2 Å². The molecular formula is C16H16ClF3N4O2. The Hall–Kier alpha value is -2.55. The zero-order valence-electron chi connectivity index (χ0n) is 14.1. The van der Waals surface area contributed by atoms with Crippen molar-refractivity contribution in [3.63, 3.8) is 0 Å². The topological polar surface area (TPSA) is 78.4 Å². The van der Waals surface area contributed by atoms with E-state index in [9.17, 15) is 23.1 Å². The Kier molecular flexibility index (Phi) is 5.31. The van der Waals surface area contributed by atoms with Crippen molar-refractivity contribution in [2.24, 2.45) is 0 Å². The summed E-state index contributed by atoms with van der Waals surface area (Å²) >= 11 is 5.83. The van der Waals surface area contributed by atoms with E-state index in [0.29, 0.717) is 15.6 Å². The van der Waals surface area contributed by atoms with Crippen LogP contribution in [0.2, 0.25) is 5.02 Å². The van der Waals surface area contributed by atoms with Crippen molar-refractivity contribution in [2.75, 3.05) is 10.2 Å². The van der Waals surface area contributed by atoms with Crippen molar-refractivity contribution in [3.05, 3.63) is 41.2 Å². The highest BCUT2D eigenvalue weighted by molar-refractivity contribution is 6.30. The summed E-state index contributed by atoms with van der Waals surface area (Å²) in [6, 6.07) is 6.28. The lowest BCUT2D eigenvalue weighted by Crippen LogP contribution is -2.46. The van der Waals surface area contributed by atoms with E-state index in [1.165, 1.54) is 26.8 Å². The minimum Gasteiger partial charge on any atom is -0.465 e. The number of nitrogens with zero attached hydrogens (tertiary/aromatic N) is 3. The molecule has 1 aromatic carbocycles. The number of rotatable bonds is 3. The molecule has 0 radical (unpaired) electrons. The van der Waals surface area contributed by atoms with E-state index in [0.717, 1.165) is 6.20 Å². The lowest BCUT2D eigenvalue weighted by atomic mass is 10.1. The predicted octanol–water partition coefficient (Wildman–Crippen LogP) is 5.18. The molecule has 2 aromatic rings. The Morgan fingerprint density at radius 1 is 1.27 bits per heavy atom. The molecule has 10 heteroatoms. The number of aromatic nitrogens is 2. The Morgan fingerprint density at radius 2 is 1.92 bits per heavy atom. The third kappa shape index (κ3) is 4.54. The monoisotopic (exact) mass is 388 g/mol. The number of amides is 1. The predicted molar refractivity (Wildman–Crippen MR) is 92.0 cm³/mol. The fourth-order valence-electron chi connectivity index (χ4n) is 2.25. The maximum atomic E-state index is 13.5. The lowest BCUT2D eigenvalue weighted by Gasteiger charge is -2.34. The van der Waals surface area contributed by atoms with E-state index in [1.807, 2.05) is 0 Å². The molecular weight excluding hydrogens is 373 g/mol. The van der Waals surface area contributed by atoms with Crippen LogP contribution in [0.1, 0.15) is 26.5 Å². The van der Waals surface area contributed by atoms with Gasteiger partial charge in [0.1, 0.15) is 0 Å². The molecule has 0 atom stereocenters. The van der Waals surface area contributed by atoms with Crippen molar-refractivity contribution >= 4 is 35.0 Å². The SMILES string of the molecule is CC(C)(C)N(C(=O)O)c1cnc(Nc2cccc(Cl)c2)nc1C(F)(F)F. The van der Waals surface area contributed by atoms with Gasteiger partial charge in [-0.1, -0.05) is 17.7 Å². The van der Waals surface area contributed by atoms with Crippen LogP contribution in [0.5, 0.6) is 0 Å². The number of carbonyl (C=O) groups is 1. The molecule has 0 saturated heterocycles. The van der Waals surface area contributed by atoms with Gasteiger partial charge in [0.15, 0.2) is 5.69 Å². The summed E-state index contributed by atoms with van der Waals surface area (Å²) in [5.74, 6) is -0.331. The van der Waals surface area contributed by atoms with E-state index in [2.05, 4.69) is 15.3 Å². The first-order chi connectivity index (χ1) is 11.9. The summed E-state index contributed by atoms with van der Waals surface area (Å²) in [6.45, 7) is 4.41. The maximum Gasteiger partial charge on any atom is 0.435 e. The first kappa shape index (κ1) is 19.8. The normalized spacial score (nSPS) is 12.0. The molecule has 2 rings (SSSR count). The molecule has 2 N–H and O–H groups in total. The summed E-state index contributed by atoms with van der Waals surface area (Å²) in [4.78, 5) is 19.4. The van der Waals surface area contributed by atoms with Gasteiger partial charge in [0.25, 0.3) is 0 Å². The number of hydrogen-bond donors (Lipinski definition) is 2. The molecule has 1 heterocycles. The van der Waals surface area contributed by atoms with Crippen molar-refractivity contribution in [1.82, 2.24) is 9.97 Å². The average molecular weight is 389 g/mol. The molecule has 0 spiro atoms. The van der Waals surface area contributed by atoms with Gasteiger partial charge in [0.2, 0.25) is 5.95 Å². The number of benzene rings is 1. The molecule has 0 saturated carbocycles. The van der Waals surface area contributed by atoms with Crippen LogP contribution in [-0.4, -0.2) is 26.7 Å². The highest BCUT2D eigenvalue weighted by Crippen LogP contribution is 2.38. The standard InChI is InChI=1S/C16H16ClF3N4O2/c1-15(2,3)24(14(25)26)11-8-21-13(23-12(11)16(18,19)20)22-10-6-4-5-9(17)7-10/h4-8H,1-3H3,(H,25,26)(H,21,22,23). The van der Waals surface area contributed by atoms with Crippen molar-refractivity contribution in [1.29, 1.82) is 0 Å². The molecule has 140 valence electrons. The van der Waals surface area contributed by atoms with Crippen molar-refractivity contribution in [3.8, 4) is 0 Å². The minimum absolute atomic E-state index is 0.331. The van der Waals surface area contributed by atoms with Crippen LogP contribution in [0.4, 0.5) is 35.3 Å². The number of carboxylic acid groups (broad SMARTS) is 1. The van der Waals surface area contributed by atoms with Crippen LogP contribution in [0, 0.1) is 0 Å². The van der Waals surface area contributed by atoms with Gasteiger partial charge >= 0.3 is 12.3 Å².